The standard InChI is InChI=1S/C12H25N/c1-3-4-5-6-12(13)11-8-7-10(2)9-11/h10-12H,3-9,13H2,1-2H3. The maximum absolute atomic E-state index is 6.18. The lowest BCUT2D eigenvalue weighted by Gasteiger charge is -2.18. The predicted molar refractivity (Wildman–Crippen MR) is 58.6 cm³/mol. The third-order valence-electron chi connectivity index (χ3n) is 3.48. The Morgan fingerprint density at radius 2 is 2.08 bits per heavy atom. The van der Waals surface area contributed by atoms with Crippen molar-refractivity contribution in [3.63, 3.8) is 0 Å². The van der Waals surface area contributed by atoms with Crippen LogP contribution in [-0.4, -0.2) is 6.04 Å². The fourth-order valence-corrected chi connectivity index (χ4v) is 2.51. The Morgan fingerprint density at radius 3 is 2.62 bits per heavy atom. The van der Waals surface area contributed by atoms with E-state index < -0.39 is 0 Å². The summed E-state index contributed by atoms with van der Waals surface area (Å²) < 4.78 is 0. The monoisotopic (exact) mass is 183 g/mol. The van der Waals surface area contributed by atoms with Crippen molar-refractivity contribution >= 4 is 0 Å². The molecule has 0 saturated heterocycles. The van der Waals surface area contributed by atoms with Gasteiger partial charge in [-0.25, -0.2) is 0 Å². The summed E-state index contributed by atoms with van der Waals surface area (Å²) in [5, 5.41) is 0. The van der Waals surface area contributed by atoms with Crippen LogP contribution < -0.4 is 5.73 Å². The molecule has 0 heterocycles. The van der Waals surface area contributed by atoms with Crippen molar-refractivity contribution in [1.29, 1.82) is 0 Å². The molecule has 0 spiro atoms. The van der Waals surface area contributed by atoms with Gasteiger partial charge in [0.2, 0.25) is 0 Å². The van der Waals surface area contributed by atoms with Crippen LogP contribution in [0.15, 0.2) is 0 Å². The Bertz CT molecular complexity index is 133. The molecular formula is C12H25N. The fraction of sp³-hybridized carbons (Fsp3) is 1.00. The van der Waals surface area contributed by atoms with E-state index in [-0.39, 0.29) is 0 Å². The molecule has 13 heavy (non-hydrogen) atoms. The first-order valence-corrected chi connectivity index (χ1v) is 5.99. The number of nitrogens with two attached hydrogens (primary N) is 1. The second kappa shape index (κ2) is 5.64. The zero-order valence-electron chi connectivity index (χ0n) is 9.26. The molecule has 78 valence electrons. The van der Waals surface area contributed by atoms with Crippen molar-refractivity contribution in [3.8, 4) is 0 Å². The van der Waals surface area contributed by atoms with Crippen LogP contribution in [0.1, 0.15) is 58.8 Å². The number of rotatable bonds is 5. The molecule has 0 aliphatic heterocycles. The third-order valence-corrected chi connectivity index (χ3v) is 3.48. The van der Waals surface area contributed by atoms with E-state index in [4.69, 9.17) is 5.73 Å². The van der Waals surface area contributed by atoms with E-state index in [9.17, 15) is 0 Å². The number of unbranched alkanes of at least 4 members (excludes halogenated alkanes) is 2. The van der Waals surface area contributed by atoms with Crippen molar-refractivity contribution in [3.05, 3.63) is 0 Å². The fourth-order valence-electron chi connectivity index (χ4n) is 2.51. The Morgan fingerprint density at radius 1 is 1.31 bits per heavy atom. The molecule has 1 nitrogen and oxygen atoms in total. The van der Waals surface area contributed by atoms with Crippen LogP contribution in [-0.2, 0) is 0 Å². The van der Waals surface area contributed by atoms with Gasteiger partial charge in [-0.1, -0.05) is 39.5 Å². The van der Waals surface area contributed by atoms with E-state index in [0.717, 1.165) is 11.8 Å². The van der Waals surface area contributed by atoms with Gasteiger partial charge in [0, 0.05) is 6.04 Å². The third kappa shape index (κ3) is 3.68. The second-order valence-electron chi connectivity index (χ2n) is 4.84. The highest BCUT2D eigenvalue weighted by atomic mass is 14.7. The molecule has 0 radical (unpaired) electrons. The Kier molecular flexibility index (Phi) is 4.79. The van der Waals surface area contributed by atoms with Crippen molar-refractivity contribution in [2.45, 2.75) is 64.8 Å². The molecule has 0 aromatic carbocycles. The van der Waals surface area contributed by atoms with E-state index >= 15 is 0 Å². The summed E-state index contributed by atoms with van der Waals surface area (Å²) in [6.07, 6.45) is 9.44. The highest BCUT2D eigenvalue weighted by Gasteiger charge is 2.25. The summed E-state index contributed by atoms with van der Waals surface area (Å²) in [4.78, 5) is 0. The predicted octanol–water partition coefficient (Wildman–Crippen LogP) is 3.33. The largest absolute Gasteiger partial charge is 0.327 e. The summed E-state index contributed by atoms with van der Waals surface area (Å²) in [6.45, 7) is 4.61. The van der Waals surface area contributed by atoms with Crippen LogP contribution in [0.4, 0.5) is 0 Å². The Labute approximate surface area is 83.1 Å². The molecule has 0 amide bonds. The quantitative estimate of drug-likeness (QED) is 0.650. The molecule has 1 aliphatic rings. The molecule has 0 aromatic rings. The molecule has 1 aliphatic carbocycles. The van der Waals surface area contributed by atoms with Crippen LogP contribution in [0, 0.1) is 11.8 Å². The normalized spacial score (nSPS) is 30.7. The molecule has 3 atom stereocenters. The van der Waals surface area contributed by atoms with Gasteiger partial charge < -0.3 is 5.73 Å². The summed E-state index contributed by atoms with van der Waals surface area (Å²) in [6, 6.07) is 0.497. The van der Waals surface area contributed by atoms with Gasteiger partial charge >= 0.3 is 0 Å². The van der Waals surface area contributed by atoms with Gasteiger partial charge in [0.25, 0.3) is 0 Å². The van der Waals surface area contributed by atoms with Gasteiger partial charge in [0.05, 0.1) is 0 Å². The summed E-state index contributed by atoms with van der Waals surface area (Å²) >= 11 is 0. The molecule has 1 saturated carbocycles. The van der Waals surface area contributed by atoms with Crippen molar-refractivity contribution < 1.29 is 0 Å². The Hall–Kier alpha value is -0.0400. The topological polar surface area (TPSA) is 26.0 Å². The van der Waals surface area contributed by atoms with E-state index in [0.29, 0.717) is 6.04 Å². The minimum Gasteiger partial charge on any atom is -0.327 e. The van der Waals surface area contributed by atoms with Gasteiger partial charge in [0.1, 0.15) is 0 Å². The maximum atomic E-state index is 6.18. The van der Waals surface area contributed by atoms with Gasteiger partial charge in [-0.3, -0.25) is 0 Å². The van der Waals surface area contributed by atoms with Gasteiger partial charge in [-0.05, 0) is 31.1 Å². The SMILES string of the molecule is CCCCCC(N)C1CCC(C)C1. The zero-order chi connectivity index (χ0) is 9.68. The summed E-state index contributed by atoms with van der Waals surface area (Å²) in [5.74, 6) is 1.77. The molecule has 2 N–H and O–H groups in total. The van der Waals surface area contributed by atoms with E-state index in [1.54, 1.807) is 0 Å². The summed E-state index contributed by atoms with van der Waals surface area (Å²) in [5.41, 5.74) is 6.18. The molecule has 1 heteroatoms. The van der Waals surface area contributed by atoms with Crippen LogP contribution in [0.3, 0.4) is 0 Å². The molecule has 3 unspecified atom stereocenters. The van der Waals surface area contributed by atoms with Crippen molar-refractivity contribution in [1.82, 2.24) is 0 Å². The zero-order valence-corrected chi connectivity index (χ0v) is 9.26. The minimum absolute atomic E-state index is 0.497. The van der Waals surface area contributed by atoms with Crippen LogP contribution in [0.5, 0.6) is 0 Å². The van der Waals surface area contributed by atoms with Gasteiger partial charge in [-0.2, -0.15) is 0 Å². The lowest BCUT2D eigenvalue weighted by atomic mass is 9.93. The first kappa shape index (κ1) is 11.0. The lowest BCUT2D eigenvalue weighted by molar-refractivity contribution is 0.387. The van der Waals surface area contributed by atoms with Crippen LogP contribution in [0.2, 0.25) is 0 Å². The van der Waals surface area contributed by atoms with Crippen LogP contribution in [0.25, 0.3) is 0 Å². The average Bonchev–Trinajstić information content (AvgIpc) is 2.52. The van der Waals surface area contributed by atoms with E-state index in [1.807, 2.05) is 0 Å². The first-order chi connectivity index (χ1) is 6.24. The van der Waals surface area contributed by atoms with Gasteiger partial charge in [0.15, 0.2) is 0 Å². The van der Waals surface area contributed by atoms with E-state index in [1.165, 1.54) is 44.9 Å². The highest BCUT2D eigenvalue weighted by Crippen LogP contribution is 2.33. The molecule has 1 fully saturated rings. The molecular weight excluding hydrogens is 158 g/mol. The van der Waals surface area contributed by atoms with Crippen molar-refractivity contribution in [2.24, 2.45) is 17.6 Å². The average molecular weight is 183 g/mol. The number of hydrogen-bond donors (Lipinski definition) is 1. The lowest BCUT2D eigenvalue weighted by Crippen LogP contribution is -2.28. The minimum atomic E-state index is 0.497. The Balaban J connectivity index is 2.12. The maximum Gasteiger partial charge on any atom is 0.00672 e. The van der Waals surface area contributed by atoms with E-state index in [2.05, 4.69) is 13.8 Å². The molecule has 0 bridgehead atoms. The van der Waals surface area contributed by atoms with Crippen LogP contribution >= 0.6 is 0 Å². The smallest absolute Gasteiger partial charge is 0.00672 e. The summed E-state index contributed by atoms with van der Waals surface area (Å²) in [7, 11) is 0. The van der Waals surface area contributed by atoms with Crippen molar-refractivity contribution in [2.75, 3.05) is 0 Å². The van der Waals surface area contributed by atoms with Gasteiger partial charge in [-0.15, -0.1) is 0 Å². The molecule has 1 rings (SSSR count). The number of hydrogen-bond acceptors (Lipinski definition) is 1. The second-order valence-corrected chi connectivity index (χ2v) is 4.84. The molecule has 0 aromatic heterocycles. The first-order valence-electron chi connectivity index (χ1n) is 5.99. The highest BCUT2D eigenvalue weighted by molar-refractivity contribution is 4.80.